The van der Waals surface area contributed by atoms with Crippen LogP contribution in [0.1, 0.15) is 26.7 Å². The van der Waals surface area contributed by atoms with Crippen molar-refractivity contribution in [3.8, 4) is 0 Å². The molecule has 0 atom stereocenters. The number of nitrogens with two attached hydrogens (primary N) is 1. The number of hydrogen-bond acceptors (Lipinski definition) is 2. The Morgan fingerprint density at radius 3 is 2.31 bits per heavy atom. The molecule has 2 N–H and O–H groups in total. The van der Waals surface area contributed by atoms with Crippen molar-refractivity contribution < 1.29 is 0 Å². The third kappa shape index (κ3) is 5.34. The van der Waals surface area contributed by atoms with Crippen LogP contribution in [0.25, 0.3) is 0 Å². The summed E-state index contributed by atoms with van der Waals surface area (Å²) in [5, 5.41) is 0. The van der Waals surface area contributed by atoms with Gasteiger partial charge >= 0.3 is 0 Å². The van der Waals surface area contributed by atoms with E-state index in [1.54, 1.807) is 0 Å². The summed E-state index contributed by atoms with van der Waals surface area (Å²) in [7, 11) is 2.04. The Morgan fingerprint density at radius 2 is 1.88 bits per heavy atom. The lowest BCUT2D eigenvalue weighted by atomic mass is 10.5. The topological polar surface area (TPSA) is 44.9 Å². The number of guanidine groups is 1. The molecule has 1 aliphatic carbocycles. The molecule has 4 nitrogen and oxygen atoms in total. The smallest absolute Gasteiger partial charge is 0.191 e. The monoisotopic (exact) mass is 340 g/mol. The summed E-state index contributed by atoms with van der Waals surface area (Å²) in [5.41, 5.74) is 5.88. The van der Waals surface area contributed by atoms with Crippen LogP contribution in [0.4, 0.5) is 0 Å². The highest BCUT2D eigenvalue weighted by Crippen LogP contribution is 2.24. The second-order valence-electron chi connectivity index (χ2n) is 4.11. The first kappa shape index (κ1) is 16.0. The molecule has 0 amide bonds. The SMILES string of the molecule is CCN(CC)CCN=C(N)N(C)C1CC1.I. The van der Waals surface area contributed by atoms with Gasteiger partial charge in [0, 0.05) is 19.6 Å². The lowest BCUT2D eigenvalue weighted by molar-refractivity contribution is 0.312. The maximum Gasteiger partial charge on any atom is 0.191 e. The van der Waals surface area contributed by atoms with Crippen molar-refractivity contribution in [2.45, 2.75) is 32.7 Å². The van der Waals surface area contributed by atoms with Crippen molar-refractivity contribution in [1.29, 1.82) is 0 Å². The highest BCUT2D eigenvalue weighted by molar-refractivity contribution is 14.0. The minimum Gasteiger partial charge on any atom is -0.370 e. The van der Waals surface area contributed by atoms with Gasteiger partial charge < -0.3 is 15.5 Å². The molecule has 1 saturated carbocycles. The van der Waals surface area contributed by atoms with Gasteiger partial charge in [0.2, 0.25) is 0 Å². The van der Waals surface area contributed by atoms with E-state index < -0.39 is 0 Å². The standard InChI is InChI=1S/C11H24N4.HI/c1-4-15(5-2)9-8-13-11(12)14(3)10-6-7-10;/h10H,4-9H2,1-3H3,(H2,12,13);1H. The van der Waals surface area contributed by atoms with E-state index in [0.29, 0.717) is 12.0 Å². The van der Waals surface area contributed by atoms with E-state index in [0.717, 1.165) is 26.2 Å². The summed E-state index contributed by atoms with van der Waals surface area (Å²) < 4.78 is 0. The molecule has 16 heavy (non-hydrogen) atoms. The number of hydrogen-bond donors (Lipinski definition) is 1. The zero-order chi connectivity index (χ0) is 11.3. The third-order valence-electron chi connectivity index (χ3n) is 3.04. The van der Waals surface area contributed by atoms with E-state index in [-0.39, 0.29) is 24.0 Å². The van der Waals surface area contributed by atoms with Gasteiger partial charge in [-0.3, -0.25) is 4.99 Å². The fraction of sp³-hybridized carbons (Fsp3) is 0.909. The molecule has 0 spiro atoms. The van der Waals surface area contributed by atoms with E-state index in [1.165, 1.54) is 12.8 Å². The summed E-state index contributed by atoms with van der Waals surface area (Å²) in [5.74, 6) is 0.699. The van der Waals surface area contributed by atoms with Crippen LogP contribution in [0.15, 0.2) is 4.99 Å². The zero-order valence-corrected chi connectivity index (χ0v) is 13.0. The maximum absolute atomic E-state index is 5.88. The van der Waals surface area contributed by atoms with Crippen LogP contribution >= 0.6 is 24.0 Å². The molecule has 0 heterocycles. The molecule has 0 aromatic carbocycles. The van der Waals surface area contributed by atoms with E-state index in [4.69, 9.17) is 5.73 Å². The van der Waals surface area contributed by atoms with Crippen molar-refractivity contribution in [3.05, 3.63) is 0 Å². The van der Waals surface area contributed by atoms with E-state index in [1.807, 2.05) is 7.05 Å². The molecule has 0 saturated heterocycles. The number of nitrogens with zero attached hydrogens (tertiary/aromatic N) is 3. The summed E-state index contributed by atoms with van der Waals surface area (Å²) in [6.45, 7) is 8.34. The molecule has 1 aliphatic rings. The number of halogens is 1. The van der Waals surface area contributed by atoms with Gasteiger partial charge in [-0.1, -0.05) is 13.8 Å². The summed E-state index contributed by atoms with van der Waals surface area (Å²) in [4.78, 5) is 8.85. The second kappa shape index (κ2) is 8.11. The molecule has 0 radical (unpaired) electrons. The molecule has 1 fully saturated rings. The third-order valence-corrected chi connectivity index (χ3v) is 3.04. The van der Waals surface area contributed by atoms with Crippen LogP contribution in [0.5, 0.6) is 0 Å². The average Bonchev–Trinajstić information content (AvgIpc) is 3.06. The first-order chi connectivity index (χ1) is 7.19. The van der Waals surface area contributed by atoms with Crippen LogP contribution in [-0.4, -0.2) is 55.0 Å². The van der Waals surface area contributed by atoms with Gasteiger partial charge in [-0.05, 0) is 25.9 Å². The second-order valence-corrected chi connectivity index (χ2v) is 4.11. The Hall–Kier alpha value is -0.0400. The van der Waals surface area contributed by atoms with Gasteiger partial charge in [0.15, 0.2) is 5.96 Å². The average molecular weight is 340 g/mol. The molecule has 0 aliphatic heterocycles. The van der Waals surface area contributed by atoms with Crippen LogP contribution in [-0.2, 0) is 0 Å². The first-order valence-electron chi connectivity index (χ1n) is 5.94. The number of rotatable bonds is 6. The summed E-state index contributed by atoms with van der Waals surface area (Å²) in [6, 6.07) is 0.655. The van der Waals surface area contributed by atoms with E-state index in [2.05, 4.69) is 28.6 Å². The van der Waals surface area contributed by atoms with Crippen molar-refractivity contribution in [3.63, 3.8) is 0 Å². The first-order valence-corrected chi connectivity index (χ1v) is 5.94. The Labute approximate surface area is 116 Å². The predicted octanol–water partition coefficient (Wildman–Crippen LogP) is 1.36. The normalized spacial score (nSPS) is 16.1. The van der Waals surface area contributed by atoms with Crippen molar-refractivity contribution in [1.82, 2.24) is 9.80 Å². The van der Waals surface area contributed by atoms with Crippen molar-refractivity contribution in [2.75, 3.05) is 33.2 Å². The lowest BCUT2D eigenvalue weighted by Crippen LogP contribution is -2.36. The molecule has 96 valence electrons. The summed E-state index contributed by atoms with van der Waals surface area (Å²) in [6.07, 6.45) is 2.53. The minimum absolute atomic E-state index is 0. The van der Waals surface area contributed by atoms with Crippen LogP contribution in [0, 0.1) is 0 Å². The van der Waals surface area contributed by atoms with Gasteiger partial charge in [0.05, 0.1) is 6.54 Å². The van der Waals surface area contributed by atoms with Gasteiger partial charge in [-0.2, -0.15) is 0 Å². The molecule has 0 unspecified atom stereocenters. The molecule has 0 aromatic rings. The highest BCUT2D eigenvalue weighted by atomic mass is 127. The van der Waals surface area contributed by atoms with E-state index >= 15 is 0 Å². The fourth-order valence-corrected chi connectivity index (χ4v) is 1.61. The van der Waals surface area contributed by atoms with Crippen LogP contribution in [0.2, 0.25) is 0 Å². The van der Waals surface area contributed by atoms with Gasteiger partial charge in [-0.15, -0.1) is 24.0 Å². The molecular weight excluding hydrogens is 315 g/mol. The van der Waals surface area contributed by atoms with E-state index in [9.17, 15) is 0 Å². The van der Waals surface area contributed by atoms with Gasteiger partial charge in [-0.25, -0.2) is 0 Å². The predicted molar refractivity (Wildman–Crippen MR) is 80.5 cm³/mol. The molecular formula is C11H25IN4. The fourth-order valence-electron chi connectivity index (χ4n) is 1.61. The molecule has 1 rings (SSSR count). The quantitative estimate of drug-likeness (QED) is 0.451. The minimum atomic E-state index is 0. The number of likely N-dealkylation sites (N-methyl/N-ethyl adjacent to an activating group) is 1. The molecule has 0 bridgehead atoms. The largest absolute Gasteiger partial charge is 0.370 e. The van der Waals surface area contributed by atoms with Gasteiger partial charge in [0.25, 0.3) is 0 Å². The Balaban J connectivity index is 0.00000225. The molecule has 0 aromatic heterocycles. The van der Waals surface area contributed by atoms with Crippen LogP contribution < -0.4 is 5.73 Å². The van der Waals surface area contributed by atoms with Gasteiger partial charge in [0.1, 0.15) is 0 Å². The van der Waals surface area contributed by atoms with Crippen molar-refractivity contribution >= 4 is 29.9 Å². The Bertz CT molecular complexity index is 212. The van der Waals surface area contributed by atoms with Crippen molar-refractivity contribution in [2.24, 2.45) is 10.7 Å². The molecule has 5 heteroatoms. The Kier molecular flexibility index (Phi) is 8.09. The Morgan fingerprint density at radius 1 is 1.31 bits per heavy atom. The zero-order valence-electron chi connectivity index (χ0n) is 10.6. The summed E-state index contributed by atoms with van der Waals surface area (Å²) >= 11 is 0. The van der Waals surface area contributed by atoms with Crippen LogP contribution in [0.3, 0.4) is 0 Å². The number of aliphatic imine (C=N–C) groups is 1. The lowest BCUT2D eigenvalue weighted by Gasteiger charge is -2.19. The highest BCUT2D eigenvalue weighted by Gasteiger charge is 2.27. The maximum atomic E-state index is 5.88.